The first-order valence-electron chi connectivity index (χ1n) is 13.8. The van der Waals surface area contributed by atoms with E-state index in [1.54, 1.807) is 0 Å². The Morgan fingerprint density at radius 2 is 1.53 bits per heavy atom. The average Bonchev–Trinajstić information content (AvgIpc) is 2.73. The standard InChI is InChI=1S/C30H50O2/c1-25(2)14-15-26(3)16-17-29(6)20(21(26)18-25)8-9-23-27(4)12-11-24(32)28(5,19-31)22(27)10-13-30(23,29)7/h8,21-24,31-32H,9-19H2,1-7H3/t21?,22?,23?,24-,26-,27+,28+,29-,30-/m1/s1. The van der Waals surface area contributed by atoms with Crippen LogP contribution in [0.15, 0.2) is 11.6 Å². The number of rotatable bonds is 1. The minimum Gasteiger partial charge on any atom is -0.396 e. The summed E-state index contributed by atoms with van der Waals surface area (Å²) in [6.45, 7) is 17.7. The molecule has 4 fully saturated rings. The number of hydrogen-bond donors (Lipinski definition) is 2. The molecule has 0 bridgehead atoms. The van der Waals surface area contributed by atoms with Crippen LogP contribution in [0.2, 0.25) is 0 Å². The lowest BCUT2D eigenvalue weighted by Gasteiger charge is -2.71. The van der Waals surface area contributed by atoms with Crippen molar-refractivity contribution in [2.24, 2.45) is 50.2 Å². The second kappa shape index (κ2) is 6.87. The quantitative estimate of drug-likeness (QED) is 0.424. The van der Waals surface area contributed by atoms with Crippen LogP contribution < -0.4 is 0 Å². The van der Waals surface area contributed by atoms with Gasteiger partial charge in [-0.25, -0.2) is 0 Å². The van der Waals surface area contributed by atoms with Crippen molar-refractivity contribution in [3.8, 4) is 0 Å². The number of fused-ring (bicyclic) bond motifs is 7. The Labute approximate surface area is 197 Å². The van der Waals surface area contributed by atoms with E-state index in [2.05, 4.69) is 54.5 Å². The lowest BCUT2D eigenvalue weighted by atomic mass is 9.33. The number of aliphatic hydroxyl groups is 2. The fraction of sp³-hybridized carbons (Fsp3) is 0.933. The molecule has 0 aromatic carbocycles. The van der Waals surface area contributed by atoms with E-state index in [1.165, 1.54) is 44.9 Å². The highest BCUT2D eigenvalue weighted by Gasteiger charge is 2.68. The van der Waals surface area contributed by atoms with Gasteiger partial charge < -0.3 is 10.2 Å². The molecule has 5 rings (SSSR count). The van der Waals surface area contributed by atoms with Gasteiger partial charge in [0.2, 0.25) is 0 Å². The third-order valence-corrected chi connectivity index (χ3v) is 13.2. The summed E-state index contributed by atoms with van der Waals surface area (Å²) < 4.78 is 0. The summed E-state index contributed by atoms with van der Waals surface area (Å²) in [4.78, 5) is 0. The molecule has 32 heavy (non-hydrogen) atoms. The van der Waals surface area contributed by atoms with Crippen LogP contribution in [-0.4, -0.2) is 22.9 Å². The molecule has 2 heteroatoms. The topological polar surface area (TPSA) is 40.5 Å². The summed E-state index contributed by atoms with van der Waals surface area (Å²) in [5.41, 5.74) is 3.28. The summed E-state index contributed by atoms with van der Waals surface area (Å²) in [6.07, 6.45) is 14.8. The van der Waals surface area contributed by atoms with Crippen LogP contribution in [0.25, 0.3) is 0 Å². The molecule has 5 aliphatic carbocycles. The molecular weight excluding hydrogens is 392 g/mol. The molecule has 0 aromatic rings. The smallest absolute Gasteiger partial charge is 0.0618 e. The molecule has 0 radical (unpaired) electrons. The first-order valence-corrected chi connectivity index (χ1v) is 13.8. The number of aliphatic hydroxyl groups excluding tert-OH is 2. The van der Waals surface area contributed by atoms with E-state index in [-0.39, 0.29) is 23.5 Å². The SMILES string of the molecule is CC1(C)CC[C@]2(C)CC[C@]3(C)C(=CCC4[C@@]5(C)CC[C@@H](O)[C@@](C)(CO)C5CC[C@]43C)C2C1. The van der Waals surface area contributed by atoms with Gasteiger partial charge in [0.1, 0.15) is 0 Å². The van der Waals surface area contributed by atoms with Gasteiger partial charge in [0.05, 0.1) is 12.7 Å². The molecule has 182 valence electrons. The van der Waals surface area contributed by atoms with Gasteiger partial charge in [-0.15, -0.1) is 0 Å². The average molecular weight is 443 g/mol. The van der Waals surface area contributed by atoms with E-state index in [1.807, 2.05) is 5.57 Å². The third kappa shape index (κ3) is 2.78. The zero-order valence-electron chi connectivity index (χ0n) is 22.1. The molecule has 0 aliphatic heterocycles. The monoisotopic (exact) mass is 442 g/mol. The molecule has 0 amide bonds. The second-order valence-electron chi connectivity index (χ2n) is 15.1. The zero-order chi connectivity index (χ0) is 23.4. The molecule has 5 aliphatic rings. The van der Waals surface area contributed by atoms with Crippen LogP contribution in [0.4, 0.5) is 0 Å². The lowest BCUT2D eigenvalue weighted by Crippen LogP contribution is -2.65. The van der Waals surface area contributed by atoms with Gasteiger partial charge in [0, 0.05) is 5.41 Å². The Bertz CT molecular complexity index is 814. The van der Waals surface area contributed by atoms with Crippen LogP contribution in [0.5, 0.6) is 0 Å². The van der Waals surface area contributed by atoms with Gasteiger partial charge in [0.15, 0.2) is 0 Å². The minimum atomic E-state index is -0.361. The van der Waals surface area contributed by atoms with Crippen molar-refractivity contribution in [2.45, 2.75) is 119 Å². The van der Waals surface area contributed by atoms with E-state index >= 15 is 0 Å². The Hall–Kier alpha value is -0.340. The van der Waals surface area contributed by atoms with Crippen LogP contribution >= 0.6 is 0 Å². The van der Waals surface area contributed by atoms with E-state index < -0.39 is 0 Å². The Morgan fingerprint density at radius 1 is 0.844 bits per heavy atom. The fourth-order valence-corrected chi connectivity index (χ4v) is 10.5. The summed E-state index contributed by atoms with van der Waals surface area (Å²) in [5, 5.41) is 21.3. The summed E-state index contributed by atoms with van der Waals surface area (Å²) in [5.74, 6) is 1.83. The Morgan fingerprint density at radius 3 is 2.22 bits per heavy atom. The summed E-state index contributed by atoms with van der Waals surface area (Å²) in [6, 6.07) is 0. The van der Waals surface area contributed by atoms with Gasteiger partial charge in [0.25, 0.3) is 0 Å². The van der Waals surface area contributed by atoms with Crippen LogP contribution in [0.3, 0.4) is 0 Å². The minimum absolute atomic E-state index is 0.117. The summed E-state index contributed by atoms with van der Waals surface area (Å²) >= 11 is 0. The van der Waals surface area contributed by atoms with Crippen molar-refractivity contribution < 1.29 is 10.2 Å². The zero-order valence-corrected chi connectivity index (χ0v) is 22.1. The van der Waals surface area contributed by atoms with Crippen LogP contribution in [-0.2, 0) is 0 Å². The Kier molecular flexibility index (Phi) is 5.02. The van der Waals surface area contributed by atoms with Crippen LogP contribution in [0.1, 0.15) is 113 Å². The molecule has 0 aromatic heterocycles. The number of hydrogen-bond acceptors (Lipinski definition) is 2. The van der Waals surface area contributed by atoms with Gasteiger partial charge >= 0.3 is 0 Å². The number of allylic oxidation sites excluding steroid dienone is 2. The van der Waals surface area contributed by atoms with Gasteiger partial charge in [-0.05, 0) is 109 Å². The normalized spacial score (nSPS) is 56.8. The molecule has 2 N–H and O–H groups in total. The molecular formula is C30H50O2. The van der Waals surface area contributed by atoms with Gasteiger partial charge in [-0.2, -0.15) is 0 Å². The highest BCUT2D eigenvalue weighted by molar-refractivity contribution is 5.33. The van der Waals surface area contributed by atoms with Crippen molar-refractivity contribution in [3.63, 3.8) is 0 Å². The maximum Gasteiger partial charge on any atom is 0.0618 e. The van der Waals surface area contributed by atoms with Crippen molar-refractivity contribution in [1.29, 1.82) is 0 Å². The molecule has 9 atom stereocenters. The largest absolute Gasteiger partial charge is 0.396 e. The van der Waals surface area contributed by atoms with Crippen molar-refractivity contribution >= 4 is 0 Å². The fourth-order valence-electron chi connectivity index (χ4n) is 10.5. The van der Waals surface area contributed by atoms with Gasteiger partial charge in [-0.3, -0.25) is 0 Å². The molecule has 0 spiro atoms. The molecule has 0 heterocycles. The van der Waals surface area contributed by atoms with Gasteiger partial charge in [-0.1, -0.05) is 60.1 Å². The van der Waals surface area contributed by atoms with E-state index in [4.69, 9.17) is 0 Å². The summed E-state index contributed by atoms with van der Waals surface area (Å²) in [7, 11) is 0. The van der Waals surface area contributed by atoms with Crippen LogP contribution in [0, 0.1) is 50.2 Å². The van der Waals surface area contributed by atoms with E-state index in [0.29, 0.717) is 33.5 Å². The highest BCUT2D eigenvalue weighted by Crippen LogP contribution is 2.75. The molecule has 0 saturated heterocycles. The second-order valence-corrected chi connectivity index (χ2v) is 15.1. The first kappa shape index (κ1) is 23.4. The van der Waals surface area contributed by atoms with Crippen molar-refractivity contribution in [2.75, 3.05) is 6.61 Å². The predicted molar refractivity (Wildman–Crippen MR) is 132 cm³/mol. The van der Waals surface area contributed by atoms with E-state index in [9.17, 15) is 10.2 Å². The lowest BCUT2D eigenvalue weighted by molar-refractivity contribution is -0.215. The maximum atomic E-state index is 10.9. The Balaban J connectivity index is 1.57. The predicted octanol–water partition coefficient (Wildman–Crippen LogP) is 7.14. The van der Waals surface area contributed by atoms with Crippen molar-refractivity contribution in [3.05, 3.63) is 11.6 Å². The molecule has 3 unspecified atom stereocenters. The first-order chi connectivity index (χ1) is 14.8. The molecule has 4 saturated carbocycles. The van der Waals surface area contributed by atoms with E-state index in [0.717, 1.165) is 25.2 Å². The third-order valence-electron chi connectivity index (χ3n) is 13.2. The highest BCUT2D eigenvalue weighted by atomic mass is 16.3. The molecule has 2 nitrogen and oxygen atoms in total. The maximum absolute atomic E-state index is 10.9. The van der Waals surface area contributed by atoms with Crippen molar-refractivity contribution in [1.82, 2.24) is 0 Å².